The molecular formula is C14H17FN4O. The Balaban J connectivity index is 1.83. The van der Waals surface area contributed by atoms with Gasteiger partial charge in [-0.3, -0.25) is 0 Å². The van der Waals surface area contributed by atoms with E-state index in [4.69, 9.17) is 10.2 Å². The predicted molar refractivity (Wildman–Crippen MR) is 73.6 cm³/mol. The van der Waals surface area contributed by atoms with E-state index < -0.39 is 5.82 Å². The summed E-state index contributed by atoms with van der Waals surface area (Å²) in [5.74, 6) is 0.647. The molecule has 1 aliphatic heterocycles. The number of nitrogens with two attached hydrogens (primary N) is 1. The molecular weight excluding hydrogens is 259 g/mol. The van der Waals surface area contributed by atoms with Crippen molar-refractivity contribution in [3.63, 3.8) is 0 Å². The maximum atomic E-state index is 13.8. The minimum atomic E-state index is -0.441. The molecule has 0 unspecified atom stereocenters. The lowest BCUT2D eigenvalue weighted by molar-refractivity contribution is 0.237. The maximum Gasteiger partial charge on any atom is 0.250 e. The molecule has 0 radical (unpaired) electrons. The molecule has 2 aromatic rings. The highest BCUT2D eigenvalue weighted by atomic mass is 19.1. The normalized spacial score (nSPS) is 17.5. The van der Waals surface area contributed by atoms with Crippen LogP contribution in [0.25, 0.3) is 11.5 Å². The van der Waals surface area contributed by atoms with Crippen molar-refractivity contribution in [3.05, 3.63) is 29.9 Å². The van der Waals surface area contributed by atoms with Crippen LogP contribution in [-0.2, 0) is 0 Å². The van der Waals surface area contributed by atoms with Crippen molar-refractivity contribution >= 4 is 5.69 Å². The third kappa shape index (κ3) is 2.51. The summed E-state index contributed by atoms with van der Waals surface area (Å²) in [5, 5.41) is 8.03. The molecule has 106 valence electrons. The summed E-state index contributed by atoms with van der Waals surface area (Å²) in [5.41, 5.74) is 6.20. The molecule has 0 atom stereocenters. The first-order chi connectivity index (χ1) is 9.63. The number of piperidine rings is 1. The average molecular weight is 276 g/mol. The second-order valence-electron chi connectivity index (χ2n) is 5.26. The van der Waals surface area contributed by atoms with E-state index in [2.05, 4.69) is 22.1 Å². The maximum absolute atomic E-state index is 13.8. The van der Waals surface area contributed by atoms with Gasteiger partial charge in [0.05, 0.1) is 5.56 Å². The first-order valence-electron chi connectivity index (χ1n) is 6.71. The molecule has 1 aliphatic rings. The Morgan fingerprint density at radius 2 is 2.05 bits per heavy atom. The van der Waals surface area contributed by atoms with Crippen molar-refractivity contribution in [2.45, 2.75) is 18.8 Å². The quantitative estimate of drug-likeness (QED) is 0.852. The molecule has 1 aromatic carbocycles. The fourth-order valence-corrected chi connectivity index (χ4v) is 2.47. The summed E-state index contributed by atoms with van der Waals surface area (Å²) < 4.78 is 19.5. The summed E-state index contributed by atoms with van der Waals surface area (Å²) >= 11 is 0. The third-order valence-electron chi connectivity index (χ3n) is 3.73. The van der Waals surface area contributed by atoms with Crippen LogP contribution in [0, 0.1) is 5.82 Å². The minimum Gasteiger partial charge on any atom is -0.420 e. The molecule has 5 nitrogen and oxygen atoms in total. The Bertz CT molecular complexity index is 605. The largest absolute Gasteiger partial charge is 0.420 e. The van der Waals surface area contributed by atoms with Crippen molar-refractivity contribution in [1.29, 1.82) is 0 Å². The fraction of sp³-hybridized carbons (Fsp3) is 0.429. The van der Waals surface area contributed by atoms with E-state index in [1.165, 1.54) is 6.07 Å². The zero-order valence-electron chi connectivity index (χ0n) is 11.3. The zero-order valence-corrected chi connectivity index (χ0v) is 11.3. The van der Waals surface area contributed by atoms with Crippen LogP contribution in [-0.4, -0.2) is 35.2 Å². The van der Waals surface area contributed by atoms with Crippen LogP contribution in [0.4, 0.5) is 10.1 Å². The van der Waals surface area contributed by atoms with Crippen molar-refractivity contribution in [2.75, 3.05) is 25.9 Å². The number of rotatable bonds is 2. The van der Waals surface area contributed by atoms with Crippen LogP contribution in [0.1, 0.15) is 24.7 Å². The Labute approximate surface area is 116 Å². The van der Waals surface area contributed by atoms with E-state index in [1.54, 1.807) is 12.1 Å². The van der Waals surface area contributed by atoms with Crippen LogP contribution >= 0.6 is 0 Å². The minimum absolute atomic E-state index is 0.219. The van der Waals surface area contributed by atoms with Gasteiger partial charge < -0.3 is 15.1 Å². The molecule has 6 heteroatoms. The molecule has 20 heavy (non-hydrogen) atoms. The summed E-state index contributed by atoms with van der Waals surface area (Å²) in [6.45, 7) is 2.03. The third-order valence-corrected chi connectivity index (χ3v) is 3.73. The first-order valence-corrected chi connectivity index (χ1v) is 6.71. The Morgan fingerprint density at radius 3 is 2.75 bits per heavy atom. The lowest BCUT2D eigenvalue weighted by Crippen LogP contribution is -2.29. The molecule has 1 saturated heterocycles. The van der Waals surface area contributed by atoms with Gasteiger partial charge >= 0.3 is 0 Å². The summed E-state index contributed by atoms with van der Waals surface area (Å²) in [4.78, 5) is 2.27. The Hall–Kier alpha value is -1.95. The topological polar surface area (TPSA) is 68.2 Å². The molecule has 0 amide bonds. The van der Waals surface area contributed by atoms with Crippen LogP contribution in [0.2, 0.25) is 0 Å². The van der Waals surface area contributed by atoms with E-state index in [-0.39, 0.29) is 11.8 Å². The summed E-state index contributed by atoms with van der Waals surface area (Å²) in [7, 11) is 2.10. The highest BCUT2D eigenvalue weighted by molar-refractivity contribution is 5.58. The smallest absolute Gasteiger partial charge is 0.250 e. The molecule has 1 aromatic heterocycles. The van der Waals surface area contributed by atoms with Gasteiger partial charge in [-0.1, -0.05) is 0 Å². The number of nitrogens with zero attached hydrogens (tertiary/aromatic N) is 3. The number of halogens is 1. The van der Waals surface area contributed by atoms with Crippen LogP contribution in [0.15, 0.2) is 22.6 Å². The number of anilines is 1. The SMILES string of the molecule is CN1CCC(c2nnc(-c3ccc(N)cc3F)o2)CC1. The average Bonchev–Trinajstić information content (AvgIpc) is 2.89. The molecule has 0 saturated carbocycles. The standard InChI is InChI=1S/C14H17FN4O/c1-19-6-4-9(5-7-19)13-17-18-14(20-13)11-3-2-10(16)8-12(11)15/h2-3,8-9H,4-7,16H2,1H3. The van der Waals surface area contributed by atoms with E-state index >= 15 is 0 Å². The number of likely N-dealkylation sites (tertiary alicyclic amines) is 1. The van der Waals surface area contributed by atoms with Gasteiger partial charge in [0, 0.05) is 11.6 Å². The molecule has 2 N–H and O–H groups in total. The van der Waals surface area contributed by atoms with Gasteiger partial charge in [0.15, 0.2) is 0 Å². The van der Waals surface area contributed by atoms with Crippen LogP contribution in [0.5, 0.6) is 0 Å². The highest BCUT2D eigenvalue weighted by Gasteiger charge is 2.24. The number of aromatic nitrogens is 2. The van der Waals surface area contributed by atoms with Crippen molar-refractivity contribution in [2.24, 2.45) is 0 Å². The van der Waals surface area contributed by atoms with Crippen LogP contribution in [0.3, 0.4) is 0 Å². The van der Waals surface area contributed by atoms with E-state index in [0.29, 0.717) is 17.1 Å². The molecule has 1 fully saturated rings. The van der Waals surface area contributed by atoms with Gasteiger partial charge in [0.2, 0.25) is 5.89 Å². The molecule has 0 aliphatic carbocycles. The van der Waals surface area contributed by atoms with Crippen LogP contribution < -0.4 is 5.73 Å². The molecule has 2 heterocycles. The predicted octanol–water partition coefficient (Wildman–Crippen LogP) is 2.27. The number of hydrogen-bond donors (Lipinski definition) is 1. The Kier molecular flexibility index (Phi) is 3.40. The Morgan fingerprint density at radius 1 is 1.30 bits per heavy atom. The van der Waals surface area contributed by atoms with Gasteiger partial charge in [-0.2, -0.15) is 0 Å². The fourth-order valence-electron chi connectivity index (χ4n) is 2.47. The monoisotopic (exact) mass is 276 g/mol. The second-order valence-corrected chi connectivity index (χ2v) is 5.26. The lowest BCUT2D eigenvalue weighted by atomic mass is 9.97. The summed E-state index contributed by atoms with van der Waals surface area (Å²) in [6.07, 6.45) is 1.98. The van der Waals surface area contributed by atoms with Gasteiger partial charge in [0.25, 0.3) is 5.89 Å². The molecule has 0 spiro atoms. The first kappa shape index (κ1) is 13.1. The van der Waals surface area contributed by atoms with Crippen molar-refractivity contribution in [3.8, 4) is 11.5 Å². The number of nitrogen functional groups attached to an aromatic ring is 1. The van der Waals surface area contributed by atoms with E-state index in [9.17, 15) is 4.39 Å². The molecule has 0 bridgehead atoms. The van der Waals surface area contributed by atoms with E-state index in [0.717, 1.165) is 25.9 Å². The lowest BCUT2D eigenvalue weighted by Gasteiger charge is -2.26. The van der Waals surface area contributed by atoms with Gasteiger partial charge in [-0.25, -0.2) is 4.39 Å². The zero-order chi connectivity index (χ0) is 14.1. The second kappa shape index (κ2) is 5.20. The number of benzene rings is 1. The van der Waals surface area contributed by atoms with Gasteiger partial charge in [-0.15, -0.1) is 10.2 Å². The van der Waals surface area contributed by atoms with E-state index in [1.807, 2.05) is 0 Å². The van der Waals surface area contributed by atoms with Gasteiger partial charge in [-0.05, 0) is 51.2 Å². The van der Waals surface area contributed by atoms with Gasteiger partial charge in [0.1, 0.15) is 5.82 Å². The number of hydrogen-bond acceptors (Lipinski definition) is 5. The van der Waals surface area contributed by atoms with Crippen molar-refractivity contribution in [1.82, 2.24) is 15.1 Å². The highest BCUT2D eigenvalue weighted by Crippen LogP contribution is 2.30. The summed E-state index contributed by atoms with van der Waals surface area (Å²) in [6, 6.07) is 4.45. The van der Waals surface area contributed by atoms with Crippen molar-refractivity contribution < 1.29 is 8.81 Å². The molecule has 3 rings (SSSR count).